The third-order valence-corrected chi connectivity index (χ3v) is 4.64. The van der Waals surface area contributed by atoms with E-state index in [0.29, 0.717) is 12.2 Å². The molecule has 122 valence electrons. The second-order valence-electron chi connectivity index (χ2n) is 6.27. The second kappa shape index (κ2) is 6.50. The van der Waals surface area contributed by atoms with Gasteiger partial charge in [-0.25, -0.2) is 4.98 Å². The molecule has 2 unspecified atom stereocenters. The number of carbonyl (C=O) groups excluding carboxylic acids is 1. The Morgan fingerprint density at radius 1 is 1.43 bits per heavy atom. The van der Waals surface area contributed by atoms with E-state index in [4.69, 9.17) is 5.73 Å². The van der Waals surface area contributed by atoms with Crippen molar-refractivity contribution < 1.29 is 4.79 Å². The zero-order valence-electron chi connectivity index (χ0n) is 13.3. The zero-order valence-corrected chi connectivity index (χ0v) is 13.3. The molecule has 2 aromatic heterocycles. The molecule has 0 saturated heterocycles. The number of amides is 1. The number of fused-ring (bicyclic) bond motifs is 1. The summed E-state index contributed by atoms with van der Waals surface area (Å²) in [5, 5.41) is 2.98. The van der Waals surface area contributed by atoms with Gasteiger partial charge in [-0.1, -0.05) is 12.8 Å². The van der Waals surface area contributed by atoms with E-state index in [1.165, 1.54) is 10.6 Å². The zero-order chi connectivity index (χ0) is 16.4. The van der Waals surface area contributed by atoms with Crippen LogP contribution < -0.4 is 16.6 Å². The molecule has 1 fully saturated rings. The summed E-state index contributed by atoms with van der Waals surface area (Å²) < 4.78 is 1.41. The van der Waals surface area contributed by atoms with Gasteiger partial charge in [-0.05, 0) is 49.9 Å². The smallest absolute Gasteiger partial charge is 0.270 e. The van der Waals surface area contributed by atoms with Crippen LogP contribution in [0.2, 0.25) is 0 Å². The molecule has 23 heavy (non-hydrogen) atoms. The van der Waals surface area contributed by atoms with Crippen molar-refractivity contribution in [2.24, 2.45) is 11.7 Å². The van der Waals surface area contributed by atoms with Gasteiger partial charge in [0.2, 0.25) is 0 Å². The number of pyridine rings is 1. The van der Waals surface area contributed by atoms with Crippen molar-refractivity contribution in [3.8, 4) is 0 Å². The lowest BCUT2D eigenvalue weighted by Gasteiger charge is -2.31. The Labute approximate surface area is 134 Å². The highest BCUT2D eigenvalue weighted by atomic mass is 16.2. The number of hydrogen-bond acceptors (Lipinski definition) is 4. The lowest BCUT2D eigenvalue weighted by atomic mass is 9.84. The Morgan fingerprint density at radius 3 is 3.00 bits per heavy atom. The number of aryl methyl sites for hydroxylation is 1. The van der Waals surface area contributed by atoms with Crippen LogP contribution >= 0.6 is 0 Å². The molecule has 1 aliphatic carbocycles. The Hall–Kier alpha value is -2.21. The lowest BCUT2D eigenvalue weighted by molar-refractivity contribution is 0.0906. The Kier molecular flexibility index (Phi) is 4.43. The average Bonchev–Trinajstić information content (AvgIpc) is 2.55. The van der Waals surface area contributed by atoms with Crippen molar-refractivity contribution in [2.75, 3.05) is 6.54 Å². The van der Waals surface area contributed by atoms with Crippen LogP contribution in [-0.4, -0.2) is 27.9 Å². The second-order valence-corrected chi connectivity index (χ2v) is 6.27. The van der Waals surface area contributed by atoms with Gasteiger partial charge in [0, 0.05) is 18.4 Å². The minimum absolute atomic E-state index is 0.0411. The van der Waals surface area contributed by atoms with Crippen LogP contribution in [0.5, 0.6) is 0 Å². The predicted molar refractivity (Wildman–Crippen MR) is 88.5 cm³/mol. The van der Waals surface area contributed by atoms with Gasteiger partial charge in [0.25, 0.3) is 11.5 Å². The molecule has 3 N–H and O–H groups in total. The summed E-state index contributed by atoms with van der Waals surface area (Å²) in [5.41, 5.74) is 7.09. The number of aromatic nitrogens is 2. The maximum Gasteiger partial charge on any atom is 0.270 e. The first-order valence-corrected chi connectivity index (χ1v) is 8.09. The van der Waals surface area contributed by atoms with Gasteiger partial charge in [-0.2, -0.15) is 0 Å². The summed E-state index contributed by atoms with van der Waals surface area (Å²) in [7, 11) is 0. The van der Waals surface area contributed by atoms with Crippen LogP contribution in [0, 0.1) is 12.8 Å². The highest BCUT2D eigenvalue weighted by Gasteiger charge is 2.26. The van der Waals surface area contributed by atoms with Crippen molar-refractivity contribution in [2.45, 2.75) is 38.6 Å². The van der Waals surface area contributed by atoms with E-state index < -0.39 is 0 Å². The van der Waals surface area contributed by atoms with Gasteiger partial charge >= 0.3 is 0 Å². The highest BCUT2D eigenvalue weighted by molar-refractivity contribution is 5.94. The molecule has 1 saturated carbocycles. The van der Waals surface area contributed by atoms with Crippen LogP contribution in [0.25, 0.3) is 5.65 Å². The van der Waals surface area contributed by atoms with E-state index >= 15 is 0 Å². The first kappa shape index (κ1) is 15.7. The number of nitrogens with two attached hydrogens (primary N) is 1. The number of hydrogen-bond donors (Lipinski definition) is 2. The molecule has 6 heteroatoms. The Bertz CT molecular complexity index is 784. The molecule has 2 atom stereocenters. The van der Waals surface area contributed by atoms with E-state index in [0.717, 1.165) is 31.2 Å². The van der Waals surface area contributed by atoms with Crippen LogP contribution in [0.4, 0.5) is 0 Å². The fourth-order valence-electron chi connectivity index (χ4n) is 3.26. The minimum Gasteiger partial charge on any atom is -0.349 e. The summed E-state index contributed by atoms with van der Waals surface area (Å²) in [6.07, 6.45) is 7.18. The topological polar surface area (TPSA) is 89.5 Å². The van der Waals surface area contributed by atoms with Crippen LogP contribution in [0.1, 0.15) is 41.6 Å². The van der Waals surface area contributed by atoms with Gasteiger partial charge < -0.3 is 11.1 Å². The quantitative estimate of drug-likeness (QED) is 0.892. The normalized spacial score (nSPS) is 21.3. The van der Waals surface area contributed by atoms with Crippen LogP contribution in [-0.2, 0) is 0 Å². The maximum absolute atomic E-state index is 12.5. The fraction of sp³-hybridized carbons (Fsp3) is 0.471. The maximum atomic E-state index is 12.5. The first-order valence-electron chi connectivity index (χ1n) is 8.09. The molecule has 0 radical (unpaired) electrons. The van der Waals surface area contributed by atoms with Gasteiger partial charge in [-0.3, -0.25) is 14.0 Å². The summed E-state index contributed by atoms with van der Waals surface area (Å²) in [4.78, 5) is 29.2. The average molecular weight is 314 g/mol. The van der Waals surface area contributed by atoms with Crippen molar-refractivity contribution in [3.63, 3.8) is 0 Å². The van der Waals surface area contributed by atoms with Gasteiger partial charge in [0.05, 0.1) is 0 Å². The number of nitrogens with one attached hydrogen (secondary N) is 1. The third-order valence-electron chi connectivity index (χ3n) is 4.64. The van der Waals surface area contributed by atoms with Crippen molar-refractivity contribution >= 4 is 11.6 Å². The van der Waals surface area contributed by atoms with E-state index in [2.05, 4.69) is 10.3 Å². The molecule has 1 amide bonds. The molecular weight excluding hydrogens is 292 g/mol. The largest absolute Gasteiger partial charge is 0.349 e. The van der Waals surface area contributed by atoms with E-state index in [1.54, 1.807) is 6.20 Å². The Morgan fingerprint density at radius 2 is 2.22 bits per heavy atom. The van der Waals surface area contributed by atoms with Gasteiger partial charge in [0.15, 0.2) is 0 Å². The molecule has 0 aromatic carbocycles. The molecule has 0 aliphatic heterocycles. The summed E-state index contributed by atoms with van der Waals surface area (Å²) in [5.74, 6) is -0.0747. The monoisotopic (exact) mass is 314 g/mol. The standard InChI is InChI=1S/C17H22N4O2/c1-11-6-7-21-15(8-11)19-10-13(17(21)23)16(22)20-14-5-3-2-4-12(14)9-18/h6-8,10,12,14H,2-5,9,18H2,1H3,(H,20,22). The SMILES string of the molecule is Cc1ccn2c(=O)c(C(=O)NC3CCCCC3CN)cnc2c1. The van der Waals surface area contributed by atoms with Crippen LogP contribution in [0.3, 0.4) is 0 Å². The third kappa shape index (κ3) is 3.12. The number of rotatable bonds is 3. The molecular formula is C17H22N4O2. The summed E-state index contributed by atoms with van der Waals surface area (Å²) in [6, 6.07) is 3.68. The summed E-state index contributed by atoms with van der Waals surface area (Å²) >= 11 is 0. The van der Waals surface area contributed by atoms with Gasteiger partial charge in [-0.15, -0.1) is 0 Å². The number of nitrogens with zero attached hydrogens (tertiary/aromatic N) is 2. The molecule has 2 heterocycles. The summed E-state index contributed by atoms with van der Waals surface area (Å²) in [6.45, 7) is 2.49. The lowest BCUT2D eigenvalue weighted by Crippen LogP contribution is -2.46. The van der Waals surface area contributed by atoms with E-state index in [9.17, 15) is 9.59 Å². The molecule has 6 nitrogen and oxygen atoms in total. The molecule has 3 rings (SSSR count). The molecule has 1 aliphatic rings. The molecule has 0 bridgehead atoms. The van der Waals surface area contributed by atoms with E-state index in [1.807, 2.05) is 19.1 Å². The predicted octanol–water partition coefficient (Wildman–Crippen LogP) is 1.25. The Balaban J connectivity index is 1.87. The van der Waals surface area contributed by atoms with E-state index in [-0.39, 0.29) is 29.0 Å². The van der Waals surface area contributed by atoms with Crippen molar-refractivity contribution in [3.05, 3.63) is 46.0 Å². The molecule has 0 spiro atoms. The van der Waals surface area contributed by atoms with Crippen molar-refractivity contribution in [1.29, 1.82) is 0 Å². The van der Waals surface area contributed by atoms with Crippen LogP contribution in [0.15, 0.2) is 29.3 Å². The fourth-order valence-corrected chi connectivity index (χ4v) is 3.26. The molecule has 2 aromatic rings. The van der Waals surface area contributed by atoms with Gasteiger partial charge in [0.1, 0.15) is 11.2 Å². The number of carbonyl (C=O) groups is 1. The minimum atomic E-state index is -0.358. The highest BCUT2D eigenvalue weighted by Crippen LogP contribution is 2.23. The first-order chi connectivity index (χ1) is 11.1. The van der Waals surface area contributed by atoms with Crippen molar-refractivity contribution in [1.82, 2.24) is 14.7 Å².